The molecule has 1 heterocycles. The number of aliphatic hydroxyl groups is 1. The average Bonchev–Trinajstić information content (AvgIpc) is 2.80. The standard InChI is InChI=1S/C15H17BrN2O2/c1-17(9-10-19)15(20)14-8-7-13(18(14)2)11-5-3-4-6-12(11)16/h3-8,19H,9-10H2,1-2H3. The Labute approximate surface area is 126 Å². The quantitative estimate of drug-likeness (QED) is 0.932. The summed E-state index contributed by atoms with van der Waals surface area (Å²) in [7, 11) is 3.55. The second-order valence-corrected chi connectivity index (χ2v) is 5.45. The summed E-state index contributed by atoms with van der Waals surface area (Å²) < 4.78 is 2.86. The molecular weight excluding hydrogens is 320 g/mol. The SMILES string of the molecule is CN(CCO)C(=O)c1ccc(-c2ccccc2Br)n1C. The van der Waals surface area contributed by atoms with Gasteiger partial charge in [0.15, 0.2) is 0 Å². The lowest BCUT2D eigenvalue weighted by Gasteiger charge is -2.16. The maximum absolute atomic E-state index is 12.3. The zero-order chi connectivity index (χ0) is 14.7. The Morgan fingerprint density at radius 3 is 2.65 bits per heavy atom. The van der Waals surface area contributed by atoms with E-state index in [1.807, 2.05) is 48.0 Å². The molecule has 0 saturated carbocycles. The third-order valence-electron chi connectivity index (χ3n) is 3.27. The summed E-state index contributed by atoms with van der Waals surface area (Å²) in [5.74, 6) is -0.0974. The number of aromatic nitrogens is 1. The van der Waals surface area contributed by atoms with Crippen molar-refractivity contribution in [3.63, 3.8) is 0 Å². The molecule has 0 unspecified atom stereocenters. The van der Waals surface area contributed by atoms with Crippen LogP contribution in [0.4, 0.5) is 0 Å². The molecular formula is C15H17BrN2O2. The fourth-order valence-corrected chi connectivity index (χ4v) is 2.60. The first-order chi connectivity index (χ1) is 9.56. The fourth-order valence-electron chi connectivity index (χ4n) is 2.11. The molecule has 1 aromatic carbocycles. The fraction of sp³-hybridized carbons (Fsp3) is 0.267. The van der Waals surface area contributed by atoms with Crippen molar-refractivity contribution in [3.05, 3.63) is 46.6 Å². The van der Waals surface area contributed by atoms with E-state index in [1.165, 1.54) is 4.90 Å². The number of hydrogen-bond donors (Lipinski definition) is 1. The number of halogens is 1. The number of carbonyl (C=O) groups is 1. The van der Waals surface area contributed by atoms with E-state index in [-0.39, 0.29) is 12.5 Å². The monoisotopic (exact) mass is 336 g/mol. The molecule has 1 N–H and O–H groups in total. The Balaban J connectivity index is 2.37. The summed E-state index contributed by atoms with van der Waals surface area (Å²) in [6, 6.07) is 11.6. The minimum absolute atomic E-state index is 0.0379. The van der Waals surface area contributed by atoms with E-state index in [0.717, 1.165) is 15.7 Å². The van der Waals surface area contributed by atoms with Crippen molar-refractivity contribution in [3.8, 4) is 11.3 Å². The molecule has 4 nitrogen and oxygen atoms in total. The van der Waals surface area contributed by atoms with E-state index in [1.54, 1.807) is 7.05 Å². The predicted octanol–water partition coefficient (Wildman–Crippen LogP) is 2.52. The van der Waals surface area contributed by atoms with Crippen molar-refractivity contribution >= 4 is 21.8 Å². The summed E-state index contributed by atoms with van der Waals surface area (Å²) >= 11 is 3.53. The van der Waals surface area contributed by atoms with Gasteiger partial charge in [0.25, 0.3) is 5.91 Å². The zero-order valence-corrected chi connectivity index (χ0v) is 13.1. The highest BCUT2D eigenvalue weighted by Crippen LogP contribution is 2.29. The van der Waals surface area contributed by atoms with Gasteiger partial charge in [-0.1, -0.05) is 34.1 Å². The average molecular weight is 337 g/mol. The molecule has 0 aliphatic rings. The van der Waals surface area contributed by atoms with Crippen LogP contribution in [0.15, 0.2) is 40.9 Å². The first-order valence-electron chi connectivity index (χ1n) is 6.33. The van der Waals surface area contributed by atoms with Gasteiger partial charge in [0.2, 0.25) is 0 Å². The van der Waals surface area contributed by atoms with Gasteiger partial charge in [0.05, 0.1) is 6.61 Å². The van der Waals surface area contributed by atoms with Crippen LogP contribution in [0.1, 0.15) is 10.5 Å². The molecule has 0 radical (unpaired) electrons. The smallest absolute Gasteiger partial charge is 0.270 e. The third-order valence-corrected chi connectivity index (χ3v) is 3.96. The van der Waals surface area contributed by atoms with Gasteiger partial charge in [-0.25, -0.2) is 0 Å². The van der Waals surface area contributed by atoms with Crippen LogP contribution in [0.2, 0.25) is 0 Å². The van der Waals surface area contributed by atoms with Crippen molar-refractivity contribution < 1.29 is 9.90 Å². The van der Waals surface area contributed by atoms with E-state index in [2.05, 4.69) is 15.9 Å². The lowest BCUT2D eigenvalue weighted by molar-refractivity contribution is 0.0758. The molecule has 5 heteroatoms. The maximum atomic E-state index is 12.3. The van der Waals surface area contributed by atoms with E-state index in [9.17, 15) is 4.79 Å². The number of hydrogen-bond acceptors (Lipinski definition) is 2. The van der Waals surface area contributed by atoms with Crippen molar-refractivity contribution in [1.29, 1.82) is 0 Å². The van der Waals surface area contributed by atoms with E-state index in [0.29, 0.717) is 12.2 Å². The summed E-state index contributed by atoms with van der Waals surface area (Å²) in [5, 5.41) is 8.91. The normalized spacial score (nSPS) is 10.6. The van der Waals surface area contributed by atoms with E-state index < -0.39 is 0 Å². The number of aliphatic hydroxyl groups excluding tert-OH is 1. The Morgan fingerprint density at radius 1 is 1.30 bits per heavy atom. The summed E-state index contributed by atoms with van der Waals surface area (Å²) in [6.07, 6.45) is 0. The molecule has 0 spiro atoms. The maximum Gasteiger partial charge on any atom is 0.270 e. The zero-order valence-electron chi connectivity index (χ0n) is 11.5. The van der Waals surface area contributed by atoms with Crippen molar-refractivity contribution in [2.75, 3.05) is 20.2 Å². The molecule has 1 amide bonds. The molecule has 0 aliphatic heterocycles. The third kappa shape index (κ3) is 2.78. The lowest BCUT2D eigenvalue weighted by atomic mass is 10.1. The molecule has 1 aromatic heterocycles. The highest BCUT2D eigenvalue weighted by molar-refractivity contribution is 9.10. The van der Waals surface area contributed by atoms with Crippen molar-refractivity contribution in [1.82, 2.24) is 9.47 Å². The number of carbonyl (C=O) groups excluding carboxylic acids is 1. The Hall–Kier alpha value is -1.59. The van der Waals surface area contributed by atoms with Crippen LogP contribution < -0.4 is 0 Å². The van der Waals surface area contributed by atoms with Crippen molar-refractivity contribution in [2.24, 2.45) is 7.05 Å². The number of amides is 1. The number of rotatable bonds is 4. The van der Waals surface area contributed by atoms with E-state index in [4.69, 9.17) is 5.11 Å². The van der Waals surface area contributed by atoms with Gasteiger partial charge in [-0.3, -0.25) is 4.79 Å². The van der Waals surface area contributed by atoms with E-state index >= 15 is 0 Å². The highest BCUT2D eigenvalue weighted by Gasteiger charge is 2.17. The Bertz CT molecular complexity index is 622. The Kier molecular flexibility index (Phi) is 4.62. The number of nitrogens with zero attached hydrogens (tertiary/aromatic N) is 2. The first-order valence-corrected chi connectivity index (χ1v) is 7.12. The van der Waals surface area contributed by atoms with Gasteiger partial charge in [-0.2, -0.15) is 0 Å². The molecule has 0 fully saturated rings. The Morgan fingerprint density at radius 2 is 2.00 bits per heavy atom. The molecule has 20 heavy (non-hydrogen) atoms. The molecule has 0 aliphatic carbocycles. The van der Waals surface area contributed by atoms with Gasteiger partial charge in [0.1, 0.15) is 5.69 Å². The molecule has 2 rings (SSSR count). The van der Waals surface area contributed by atoms with Crippen LogP contribution in [-0.4, -0.2) is 40.7 Å². The largest absolute Gasteiger partial charge is 0.395 e. The van der Waals surface area contributed by atoms with Gasteiger partial charge in [0, 0.05) is 36.4 Å². The van der Waals surface area contributed by atoms with Crippen LogP contribution in [0, 0.1) is 0 Å². The number of likely N-dealkylation sites (N-methyl/N-ethyl adjacent to an activating group) is 1. The molecule has 0 saturated heterocycles. The summed E-state index contributed by atoms with van der Waals surface area (Å²) in [5.41, 5.74) is 2.61. The van der Waals surface area contributed by atoms with Crippen LogP contribution in [0.25, 0.3) is 11.3 Å². The predicted molar refractivity (Wildman–Crippen MR) is 82.6 cm³/mol. The summed E-state index contributed by atoms with van der Waals surface area (Å²) in [6.45, 7) is 0.290. The second kappa shape index (κ2) is 6.24. The van der Waals surface area contributed by atoms with Crippen LogP contribution >= 0.6 is 15.9 Å². The summed E-state index contributed by atoms with van der Waals surface area (Å²) in [4.78, 5) is 13.8. The van der Waals surface area contributed by atoms with Crippen molar-refractivity contribution in [2.45, 2.75) is 0 Å². The van der Waals surface area contributed by atoms with Crippen LogP contribution in [-0.2, 0) is 7.05 Å². The van der Waals surface area contributed by atoms with Crippen LogP contribution in [0.3, 0.4) is 0 Å². The second-order valence-electron chi connectivity index (χ2n) is 4.59. The number of benzene rings is 1. The van der Waals surface area contributed by atoms with Gasteiger partial charge >= 0.3 is 0 Å². The molecule has 0 bridgehead atoms. The molecule has 106 valence electrons. The van der Waals surface area contributed by atoms with Gasteiger partial charge in [-0.15, -0.1) is 0 Å². The highest BCUT2D eigenvalue weighted by atomic mass is 79.9. The molecule has 2 aromatic rings. The topological polar surface area (TPSA) is 45.5 Å². The lowest BCUT2D eigenvalue weighted by Crippen LogP contribution is -2.30. The molecule has 0 atom stereocenters. The minimum Gasteiger partial charge on any atom is -0.395 e. The first kappa shape index (κ1) is 14.8. The van der Waals surface area contributed by atoms with Crippen LogP contribution in [0.5, 0.6) is 0 Å². The van der Waals surface area contributed by atoms with Gasteiger partial charge in [-0.05, 0) is 18.2 Å². The minimum atomic E-state index is -0.0974. The van der Waals surface area contributed by atoms with Gasteiger partial charge < -0.3 is 14.6 Å².